The second-order valence-corrected chi connectivity index (χ2v) is 8.62. The molecule has 1 fully saturated rings. The molecule has 0 spiro atoms. The van der Waals surface area contributed by atoms with Crippen LogP contribution in [-0.4, -0.2) is 47.6 Å². The number of hydrogen-bond donors (Lipinski definition) is 0. The van der Waals surface area contributed by atoms with Crippen LogP contribution < -0.4 is 4.74 Å². The largest absolute Gasteiger partial charge is 0.494 e. The fraction of sp³-hybridized carbons (Fsp3) is 0.444. The molecule has 1 aromatic heterocycles. The lowest BCUT2D eigenvalue weighted by molar-refractivity contribution is -0.148. The van der Waals surface area contributed by atoms with Gasteiger partial charge in [0.2, 0.25) is 0 Å². The molecule has 180 valence electrons. The summed E-state index contributed by atoms with van der Waals surface area (Å²) < 4.78 is 12.8. The molecule has 34 heavy (non-hydrogen) atoms. The van der Waals surface area contributed by atoms with Crippen LogP contribution in [0.3, 0.4) is 0 Å². The van der Waals surface area contributed by atoms with E-state index in [9.17, 15) is 14.9 Å². The summed E-state index contributed by atoms with van der Waals surface area (Å²) in [5, 5.41) is 9.57. The van der Waals surface area contributed by atoms with Crippen LogP contribution in [-0.2, 0) is 14.3 Å². The molecule has 3 rings (SSSR count). The maximum absolute atomic E-state index is 12.6. The molecule has 1 aliphatic rings. The van der Waals surface area contributed by atoms with Crippen molar-refractivity contribution in [2.45, 2.75) is 47.0 Å². The first-order valence-electron chi connectivity index (χ1n) is 11.9. The maximum atomic E-state index is 12.6. The van der Waals surface area contributed by atoms with Crippen LogP contribution in [0.25, 0.3) is 11.8 Å². The van der Waals surface area contributed by atoms with E-state index in [0.717, 1.165) is 47.7 Å². The highest BCUT2D eigenvalue weighted by Crippen LogP contribution is 2.30. The van der Waals surface area contributed by atoms with Gasteiger partial charge in [0, 0.05) is 30.2 Å². The van der Waals surface area contributed by atoms with Crippen LogP contribution in [0.1, 0.15) is 50.1 Å². The molecule has 7 heteroatoms. The minimum absolute atomic E-state index is 0.135. The Kier molecular flexibility index (Phi) is 8.53. The van der Waals surface area contributed by atoms with Gasteiger partial charge in [0.15, 0.2) is 6.61 Å². The van der Waals surface area contributed by atoms with Gasteiger partial charge in [-0.2, -0.15) is 5.26 Å². The van der Waals surface area contributed by atoms with Crippen LogP contribution in [0.2, 0.25) is 0 Å². The minimum atomic E-state index is -0.787. The van der Waals surface area contributed by atoms with Gasteiger partial charge in [0.1, 0.15) is 17.4 Å². The van der Waals surface area contributed by atoms with Crippen molar-refractivity contribution in [1.29, 1.82) is 5.26 Å². The molecule has 1 saturated carbocycles. The number of aromatic nitrogens is 1. The van der Waals surface area contributed by atoms with Crippen molar-refractivity contribution >= 4 is 18.0 Å². The summed E-state index contributed by atoms with van der Waals surface area (Å²) in [4.78, 5) is 26.8. The molecule has 0 radical (unpaired) electrons. The van der Waals surface area contributed by atoms with Crippen LogP contribution >= 0.6 is 0 Å². The quantitative estimate of drug-likeness (QED) is 0.276. The molecule has 0 saturated heterocycles. The highest BCUT2D eigenvalue weighted by molar-refractivity contribution is 5.99. The molecular formula is C27H33N3O4. The lowest BCUT2D eigenvalue weighted by Gasteiger charge is -2.21. The number of ether oxygens (including phenoxy) is 2. The third-order valence-corrected chi connectivity index (χ3v) is 5.86. The lowest BCUT2D eigenvalue weighted by Crippen LogP contribution is -2.36. The van der Waals surface area contributed by atoms with E-state index in [-0.39, 0.29) is 18.1 Å². The number of aryl methyl sites for hydroxylation is 1. The fourth-order valence-electron chi connectivity index (χ4n) is 3.98. The number of benzene rings is 1. The highest BCUT2D eigenvalue weighted by Gasteiger charge is 2.27. The first kappa shape index (κ1) is 25.1. The molecule has 1 aliphatic carbocycles. The van der Waals surface area contributed by atoms with Crippen molar-refractivity contribution in [3.05, 3.63) is 52.9 Å². The molecule has 1 amide bonds. The lowest BCUT2D eigenvalue weighted by atomic mass is 10.1. The predicted octanol–water partition coefficient (Wildman–Crippen LogP) is 4.59. The smallest absolute Gasteiger partial charge is 0.349 e. The van der Waals surface area contributed by atoms with Gasteiger partial charge in [0.25, 0.3) is 5.91 Å². The summed E-state index contributed by atoms with van der Waals surface area (Å²) in [6.07, 6.45) is 4.65. The van der Waals surface area contributed by atoms with Gasteiger partial charge in [-0.1, -0.05) is 6.92 Å². The third kappa shape index (κ3) is 6.28. The van der Waals surface area contributed by atoms with Crippen LogP contribution in [0, 0.1) is 31.1 Å². The third-order valence-electron chi connectivity index (χ3n) is 5.86. The van der Waals surface area contributed by atoms with Gasteiger partial charge < -0.3 is 18.9 Å². The Morgan fingerprint density at radius 2 is 1.91 bits per heavy atom. The van der Waals surface area contributed by atoms with Gasteiger partial charge in [-0.15, -0.1) is 0 Å². The van der Waals surface area contributed by atoms with Gasteiger partial charge in [-0.3, -0.25) is 4.79 Å². The Balaban J connectivity index is 1.71. The summed E-state index contributed by atoms with van der Waals surface area (Å²) in [5.74, 6) is 0.358. The standard InChI is InChI=1S/C27H33N3O4/c1-5-13-29(17-21-7-8-21)26(31)18-34-27(32)23(16-28)15-22-14-19(3)30(20(22)4)24-9-11-25(12-10-24)33-6-2/h9-12,14-15,21H,5-8,13,17-18H2,1-4H3/b23-15+. The molecule has 1 heterocycles. The van der Waals surface area contributed by atoms with E-state index in [1.54, 1.807) is 4.90 Å². The molecule has 0 bridgehead atoms. The summed E-state index contributed by atoms with van der Waals surface area (Å²) >= 11 is 0. The van der Waals surface area contributed by atoms with E-state index in [1.165, 1.54) is 6.08 Å². The monoisotopic (exact) mass is 463 g/mol. The number of hydrogen-bond acceptors (Lipinski definition) is 5. The second-order valence-electron chi connectivity index (χ2n) is 8.62. The second kappa shape index (κ2) is 11.6. The molecule has 0 atom stereocenters. The number of amides is 1. The number of carbonyl (C=O) groups excluding carboxylic acids is 2. The van der Waals surface area contributed by atoms with Crippen molar-refractivity contribution in [3.63, 3.8) is 0 Å². The SMILES string of the molecule is CCCN(CC1CC1)C(=O)COC(=O)/C(C#N)=C/c1cc(C)n(-c2ccc(OCC)cc2)c1C. The van der Waals surface area contributed by atoms with Gasteiger partial charge in [-0.05, 0) is 87.9 Å². The summed E-state index contributed by atoms with van der Waals surface area (Å²) in [7, 11) is 0. The topological polar surface area (TPSA) is 84.6 Å². The molecule has 0 aliphatic heterocycles. The normalized spacial score (nSPS) is 13.3. The zero-order valence-electron chi connectivity index (χ0n) is 20.5. The zero-order valence-corrected chi connectivity index (χ0v) is 20.5. The van der Waals surface area contributed by atoms with Crippen molar-refractivity contribution < 1.29 is 19.1 Å². The highest BCUT2D eigenvalue weighted by atomic mass is 16.5. The molecular weight excluding hydrogens is 430 g/mol. The number of rotatable bonds is 11. The van der Waals surface area contributed by atoms with Crippen LogP contribution in [0.4, 0.5) is 0 Å². The average Bonchev–Trinajstić information content (AvgIpc) is 3.60. The first-order valence-corrected chi connectivity index (χ1v) is 11.9. The van der Waals surface area contributed by atoms with Gasteiger partial charge in [0.05, 0.1) is 6.61 Å². The molecule has 7 nitrogen and oxygen atoms in total. The molecule has 0 N–H and O–H groups in total. The number of esters is 1. The van der Waals surface area contributed by atoms with E-state index in [2.05, 4.69) is 0 Å². The van der Waals surface area contributed by atoms with E-state index in [0.29, 0.717) is 25.6 Å². The summed E-state index contributed by atoms with van der Waals surface area (Å²) in [6, 6.07) is 11.6. The summed E-state index contributed by atoms with van der Waals surface area (Å²) in [5.41, 5.74) is 3.41. The minimum Gasteiger partial charge on any atom is -0.494 e. The van der Waals surface area contributed by atoms with Crippen molar-refractivity contribution in [2.75, 3.05) is 26.3 Å². The van der Waals surface area contributed by atoms with E-state index in [1.807, 2.05) is 68.7 Å². The summed E-state index contributed by atoms with van der Waals surface area (Å²) in [6.45, 7) is 9.45. The molecule has 1 aromatic carbocycles. The van der Waals surface area contributed by atoms with Crippen molar-refractivity contribution in [2.24, 2.45) is 5.92 Å². The van der Waals surface area contributed by atoms with Crippen LogP contribution in [0.5, 0.6) is 5.75 Å². The first-order chi connectivity index (χ1) is 16.4. The Bertz CT molecular complexity index is 1090. The number of nitrogens with zero attached hydrogens (tertiary/aromatic N) is 3. The van der Waals surface area contributed by atoms with E-state index in [4.69, 9.17) is 9.47 Å². The Morgan fingerprint density at radius 1 is 1.21 bits per heavy atom. The Labute approximate surface area is 201 Å². The van der Waals surface area contributed by atoms with Crippen molar-refractivity contribution in [3.8, 4) is 17.5 Å². The van der Waals surface area contributed by atoms with Gasteiger partial charge in [-0.25, -0.2) is 4.79 Å². The predicted molar refractivity (Wildman–Crippen MR) is 131 cm³/mol. The zero-order chi connectivity index (χ0) is 24.7. The average molecular weight is 464 g/mol. The molecule has 0 unspecified atom stereocenters. The Hall–Kier alpha value is -3.53. The molecule has 2 aromatic rings. The van der Waals surface area contributed by atoms with Gasteiger partial charge >= 0.3 is 5.97 Å². The Morgan fingerprint density at radius 3 is 2.50 bits per heavy atom. The van der Waals surface area contributed by atoms with E-state index >= 15 is 0 Å². The number of nitriles is 1. The van der Waals surface area contributed by atoms with Crippen LogP contribution in [0.15, 0.2) is 35.9 Å². The maximum Gasteiger partial charge on any atom is 0.349 e. The van der Waals surface area contributed by atoms with Crippen molar-refractivity contribution in [1.82, 2.24) is 9.47 Å². The van der Waals surface area contributed by atoms with E-state index < -0.39 is 5.97 Å². The fourth-order valence-corrected chi connectivity index (χ4v) is 3.98. The number of carbonyl (C=O) groups is 2.